The molecule has 0 spiro atoms. The lowest BCUT2D eigenvalue weighted by atomic mass is 10.1. The predicted molar refractivity (Wildman–Crippen MR) is 70.8 cm³/mol. The number of hydrogen-bond acceptors (Lipinski definition) is 3. The molecule has 0 aliphatic heterocycles. The van der Waals surface area contributed by atoms with Crippen molar-refractivity contribution in [3.05, 3.63) is 0 Å². The molecule has 0 bridgehead atoms. The van der Waals surface area contributed by atoms with E-state index in [1.54, 1.807) is 0 Å². The van der Waals surface area contributed by atoms with Crippen molar-refractivity contribution in [3.8, 4) is 0 Å². The molecule has 4 nitrogen and oxygen atoms in total. The van der Waals surface area contributed by atoms with Crippen LogP contribution in [0.5, 0.6) is 0 Å². The summed E-state index contributed by atoms with van der Waals surface area (Å²) in [5.74, 6) is 0.122. The van der Waals surface area contributed by atoms with Gasteiger partial charge < -0.3 is 11.1 Å². The maximum absolute atomic E-state index is 11.8. The van der Waals surface area contributed by atoms with Crippen molar-refractivity contribution in [2.75, 3.05) is 13.1 Å². The molecule has 0 aromatic carbocycles. The van der Waals surface area contributed by atoms with Gasteiger partial charge in [0.25, 0.3) is 0 Å². The van der Waals surface area contributed by atoms with Crippen LogP contribution in [0.3, 0.4) is 0 Å². The van der Waals surface area contributed by atoms with Crippen LogP contribution < -0.4 is 11.1 Å². The summed E-state index contributed by atoms with van der Waals surface area (Å²) in [4.78, 5) is 14.2. The van der Waals surface area contributed by atoms with Gasteiger partial charge in [0.2, 0.25) is 5.91 Å². The fourth-order valence-electron chi connectivity index (χ4n) is 2.26. The van der Waals surface area contributed by atoms with E-state index in [-0.39, 0.29) is 18.0 Å². The first kappa shape index (κ1) is 14.5. The largest absolute Gasteiger partial charge is 0.354 e. The second-order valence-electron chi connectivity index (χ2n) is 5.28. The molecule has 1 aliphatic rings. The molecule has 1 amide bonds. The molecule has 1 saturated carbocycles. The third-order valence-electron chi connectivity index (χ3n) is 3.11. The Morgan fingerprint density at radius 2 is 2.12 bits per heavy atom. The van der Waals surface area contributed by atoms with E-state index in [9.17, 15) is 4.79 Å². The molecule has 0 aromatic rings. The Labute approximate surface area is 105 Å². The Morgan fingerprint density at radius 3 is 2.53 bits per heavy atom. The monoisotopic (exact) mass is 241 g/mol. The number of nitrogens with two attached hydrogens (primary N) is 1. The minimum Gasteiger partial charge on any atom is -0.354 e. The molecule has 17 heavy (non-hydrogen) atoms. The van der Waals surface area contributed by atoms with E-state index in [4.69, 9.17) is 5.73 Å². The van der Waals surface area contributed by atoms with Crippen molar-refractivity contribution in [3.63, 3.8) is 0 Å². The number of carbonyl (C=O) groups excluding carboxylic acids is 1. The van der Waals surface area contributed by atoms with Gasteiger partial charge in [-0.1, -0.05) is 6.92 Å². The van der Waals surface area contributed by atoms with Crippen LogP contribution in [0.25, 0.3) is 0 Å². The SMILES string of the molecule is CCCN(C1CC1)C(CN)CC(=O)NC(C)C. The second kappa shape index (κ2) is 6.97. The number of carbonyl (C=O) groups is 1. The van der Waals surface area contributed by atoms with E-state index in [0.717, 1.165) is 13.0 Å². The third kappa shape index (κ3) is 5.04. The number of nitrogens with one attached hydrogen (secondary N) is 1. The maximum atomic E-state index is 11.8. The van der Waals surface area contributed by atoms with Gasteiger partial charge in [-0.05, 0) is 39.7 Å². The summed E-state index contributed by atoms with van der Waals surface area (Å²) >= 11 is 0. The zero-order valence-corrected chi connectivity index (χ0v) is 11.4. The van der Waals surface area contributed by atoms with E-state index in [2.05, 4.69) is 17.1 Å². The standard InChI is InChI=1S/C13H27N3O/c1-4-7-16(11-5-6-11)12(9-14)8-13(17)15-10(2)3/h10-12H,4-9,14H2,1-3H3,(H,15,17). The summed E-state index contributed by atoms with van der Waals surface area (Å²) < 4.78 is 0. The molecule has 0 radical (unpaired) electrons. The summed E-state index contributed by atoms with van der Waals surface area (Å²) in [6.07, 6.45) is 4.19. The second-order valence-corrected chi connectivity index (χ2v) is 5.28. The van der Waals surface area contributed by atoms with Gasteiger partial charge in [-0.25, -0.2) is 0 Å². The van der Waals surface area contributed by atoms with Crippen molar-refractivity contribution < 1.29 is 4.79 Å². The molecule has 1 aliphatic carbocycles. The van der Waals surface area contributed by atoms with Crippen LogP contribution in [0.4, 0.5) is 0 Å². The molecule has 1 rings (SSSR count). The first-order valence-electron chi connectivity index (χ1n) is 6.83. The minimum absolute atomic E-state index is 0.122. The zero-order chi connectivity index (χ0) is 12.8. The van der Waals surface area contributed by atoms with Crippen LogP contribution in [0.15, 0.2) is 0 Å². The van der Waals surface area contributed by atoms with Gasteiger partial charge in [-0.3, -0.25) is 9.69 Å². The van der Waals surface area contributed by atoms with E-state index < -0.39 is 0 Å². The lowest BCUT2D eigenvalue weighted by Gasteiger charge is -2.30. The molecule has 0 heterocycles. The molecule has 1 unspecified atom stereocenters. The first-order valence-corrected chi connectivity index (χ1v) is 6.83. The molecule has 4 heteroatoms. The Bertz CT molecular complexity index is 239. The van der Waals surface area contributed by atoms with Gasteiger partial charge in [0.05, 0.1) is 0 Å². The number of hydrogen-bond donors (Lipinski definition) is 2. The van der Waals surface area contributed by atoms with Crippen LogP contribution in [0.2, 0.25) is 0 Å². The van der Waals surface area contributed by atoms with E-state index in [0.29, 0.717) is 19.0 Å². The Hall–Kier alpha value is -0.610. The molecule has 1 fully saturated rings. The quantitative estimate of drug-likeness (QED) is 0.669. The molecule has 100 valence electrons. The predicted octanol–water partition coefficient (Wildman–Crippen LogP) is 1.10. The van der Waals surface area contributed by atoms with Crippen molar-refractivity contribution in [2.24, 2.45) is 5.73 Å². The van der Waals surface area contributed by atoms with E-state index >= 15 is 0 Å². The summed E-state index contributed by atoms with van der Waals surface area (Å²) in [5, 5.41) is 2.94. The third-order valence-corrected chi connectivity index (χ3v) is 3.11. The van der Waals surface area contributed by atoms with Crippen LogP contribution >= 0.6 is 0 Å². The summed E-state index contributed by atoms with van der Waals surface area (Å²) in [5.41, 5.74) is 5.83. The van der Waals surface area contributed by atoms with Crippen LogP contribution in [0, 0.1) is 0 Å². The van der Waals surface area contributed by atoms with Crippen molar-refractivity contribution >= 4 is 5.91 Å². The lowest BCUT2D eigenvalue weighted by molar-refractivity contribution is -0.122. The van der Waals surface area contributed by atoms with Gasteiger partial charge in [0.1, 0.15) is 0 Å². The molecule has 3 N–H and O–H groups in total. The average molecular weight is 241 g/mol. The van der Waals surface area contributed by atoms with E-state index in [1.165, 1.54) is 12.8 Å². The smallest absolute Gasteiger partial charge is 0.221 e. The Kier molecular flexibility index (Phi) is 5.92. The van der Waals surface area contributed by atoms with Gasteiger partial charge in [0.15, 0.2) is 0 Å². The topological polar surface area (TPSA) is 58.4 Å². The summed E-state index contributed by atoms with van der Waals surface area (Å²) in [7, 11) is 0. The Morgan fingerprint density at radius 1 is 1.47 bits per heavy atom. The highest BCUT2D eigenvalue weighted by Gasteiger charge is 2.33. The lowest BCUT2D eigenvalue weighted by Crippen LogP contribution is -2.46. The zero-order valence-electron chi connectivity index (χ0n) is 11.4. The molecule has 0 aromatic heterocycles. The van der Waals surface area contributed by atoms with Crippen molar-refractivity contribution in [1.82, 2.24) is 10.2 Å². The summed E-state index contributed by atoms with van der Waals surface area (Å²) in [6, 6.07) is 1.10. The highest BCUT2D eigenvalue weighted by molar-refractivity contribution is 5.76. The Balaban J connectivity index is 2.46. The number of nitrogens with zero attached hydrogens (tertiary/aromatic N) is 1. The van der Waals surface area contributed by atoms with Gasteiger partial charge in [0, 0.05) is 31.1 Å². The van der Waals surface area contributed by atoms with Crippen LogP contribution in [0.1, 0.15) is 46.5 Å². The molecular weight excluding hydrogens is 214 g/mol. The van der Waals surface area contributed by atoms with Crippen LogP contribution in [-0.4, -0.2) is 42.0 Å². The molecular formula is C13H27N3O. The highest BCUT2D eigenvalue weighted by atomic mass is 16.1. The van der Waals surface area contributed by atoms with E-state index in [1.807, 2.05) is 13.8 Å². The molecule has 1 atom stereocenters. The van der Waals surface area contributed by atoms with Gasteiger partial charge in [-0.2, -0.15) is 0 Å². The fourth-order valence-corrected chi connectivity index (χ4v) is 2.26. The van der Waals surface area contributed by atoms with Crippen molar-refractivity contribution in [1.29, 1.82) is 0 Å². The maximum Gasteiger partial charge on any atom is 0.221 e. The van der Waals surface area contributed by atoms with Gasteiger partial charge in [-0.15, -0.1) is 0 Å². The average Bonchev–Trinajstić information content (AvgIpc) is 3.05. The molecule has 0 saturated heterocycles. The van der Waals surface area contributed by atoms with Crippen molar-refractivity contribution in [2.45, 2.75) is 64.6 Å². The highest BCUT2D eigenvalue weighted by Crippen LogP contribution is 2.29. The number of rotatable bonds is 8. The summed E-state index contributed by atoms with van der Waals surface area (Å²) in [6.45, 7) is 7.78. The normalized spacial score (nSPS) is 17.5. The number of amides is 1. The van der Waals surface area contributed by atoms with Crippen LogP contribution in [-0.2, 0) is 4.79 Å². The fraction of sp³-hybridized carbons (Fsp3) is 0.923. The minimum atomic E-state index is 0.122. The van der Waals surface area contributed by atoms with Gasteiger partial charge >= 0.3 is 0 Å². The first-order chi connectivity index (χ1) is 8.08.